The van der Waals surface area contributed by atoms with Crippen LogP contribution < -0.4 is 4.90 Å². The first-order valence-corrected chi connectivity index (χ1v) is 11.0. The number of carbonyl (C=O) groups excluding carboxylic acids is 2. The highest BCUT2D eigenvalue weighted by Gasteiger charge is 2.46. The fraction of sp³-hybridized carbons (Fsp3) is 0.583. The van der Waals surface area contributed by atoms with E-state index in [1.165, 1.54) is 5.56 Å². The van der Waals surface area contributed by atoms with Gasteiger partial charge in [0, 0.05) is 49.3 Å². The molecule has 30 heavy (non-hydrogen) atoms. The Labute approximate surface area is 179 Å². The molecular formula is C24H31N3O3. The van der Waals surface area contributed by atoms with Gasteiger partial charge < -0.3 is 19.4 Å². The number of hydrogen-bond donors (Lipinski definition) is 0. The maximum atomic E-state index is 12.3. The Morgan fingerprint density at radius 1 is 1.20 bits per heavy atom. The van der Waals surface area contributed by atoms with Gasteiger partial charge in [-0.25, -0.2) is 4.79 Å². The summed E-state index contributed by atoms with van der Waals surface area (Å²) in [6.45, 7) is 8.20. The molecule has 2 amide bonds. The molecule has 0 radical (unpaired) electrons. The fourth-order valence-electron chi connectivity index (χ4n) is 5.41. The van der Waals surface area contributed by atoms with Crippen molar-refractivity contribution in [3.8, 4) is 12.3 Å². The number of terminal acetylenes is 1. The van der Waals surface area contributed by atoms with E-state index in [-0.39, 0.29) is 17.4 Å². The Morgan fingerprint density at radius 3 is 2.50 bits per heavy atom. The van der Waals surface area contributed by atoms with Crippen LogP contribution in [0, 0.1) is 12.3 Å². The predicted molar refractivity (Wildman–Crippen MR) is 117 cm³/mol. The number of rotatable bonds is 2. The largest absolute Gasteiger partial charge is 0.450 e. The van der Waals surface area contributed by atoms with Crippen LogP contribution in [0.1, 0.15) is 50.7 Å². The van der Waals surface area contributed by atoms with Crippen LogP contribution >= 0.6 is 0 Å². The van der Waals surface area contributed by atoms with Crippen LogP contribution in [-0.2, 0) is 14.9 Å². The van der Waals surface area contributed by atoms with Gasteiger partial charge in [0.25, 0.3) is 0 Å². The number of piperidine rings is 2. The molecule has 1 aromatic rings. The number of nitrogens with zero attached hydrogens (tertiary/aromatic N) is 3. The average molecular weight is 410 g/mol. The molecule has 0 aromatic heterocycles. The van der Waals surface area contributed by atoms with Gasteiger partial charge >= 0.3 is 6.09 Å². The minimum Gasteiger partial charge on any atom is -0.450 e. The Balaban J connectivity index is 1.43. The molecule has 0 bridgehead atoms. The third-order valence-electron chi connectivity index (χ3n) is 7.13. The lowest BCUT2D eigenvalue weighted by atomic mass is 9.73. The zero-order valence-electron chi connectivity index (χ0n) is 18.0. The van der Waals surface area contributed by atoms with E-state index in [9.17, 15) is 9.59 Å². The number of likely N-dealkylation sites (tertiary alicyclic amines) is 2. The molecule has 160 valence electrons. The first-order valence-electron chi connectivity index (χ1n) is 11.0. The van der Waals surface area contributed by atoms with Gasteiger partial charge in [0.1, 0.15) is 0 Å². The van der Waals surface area contributed by atoms with Crippen molar-refractivity contribution in [2.75, 3.05) is 44.2 Å². The highest BCUT2D eigenvalue weighted by Crippen LogP contribution is 2.47. The van der Waals surface area contributed by atoms with Gasteiger partial charge in [0.15, 0.2) is 0 Å². The lowest BCUT2D eigenvalue weighted by Gasteiger charge is -2.45. The Hall–Kier alpha value is -2.52. The van der Waals surface area contributed by atoms with Gasteiger partial charge in [-0.2, -0.15) is 0 Å². The van der Waals surface area contributed by atoms with Gasteiger partial charge in [0.2, 0.25) is 5.91 Å². The van der Waals surface area contributed by atoms with E-state index in [0.717, 1.165) is 69.7 Å². The summed E-state index contributed by atoms with van der Waals surface area (Å²) < 4.78 is 5.13. The number of carbonyl (C=O) groups is 2. The van der Waals surface area contributed by atoms with Gasteiger partial charge in [-0.1, -0.05) is 5.92 Å². The maximum absolute atomic E-state index is 12.3. The average Bonchev–Trinajstić information content (AvgIpc) is 3.08. The van der Waals surface area contributed by atoms with E-state index < -0.39 is 0 Å². The molecule has 0 N–H and O–H groups in total. The number of anilines is 1. The van der Waals surface area contributed by atoms with E-state index in [1.54, 1.807) is 6.92 Å². The van der Waals surface area contributed by atoms with Gasteiger partial charge in [0.05, 0.1) is 6.61 Å². The van der Waals surface area contributed by atoms with E-state index in [1.807, 2.05) is 28.9 Å². The second-order valence-corrected chi connectivity index (χ2v) is 8.71. The molecule has 3 aliphatic heterocycles. The molecule has 3 aliphatic rings. The molecule has 0 saturated carbocycles. The zero-order valence-corrected chi connectivity index (χ0v) is 18.0. The van der Waals surface area contributed by atoms with Crippen LogP contribution in [0.4, 0.5) is 10.5 Å². The van der Waals surface area contributed by atoms with Crippen LogP contribution in [0.2, 0.25) is 0 Å². The summed E-state index contributed by atoms with van der Waals surface area (Å²) in [4.78, 5) is 30.5. The minimum atomic E-state index is -0.190. The van der Waals surface area contributed by atoms with Crippen molar-refractivity contribution in [1.82, 2.24) is 9.80 Å². The molecule has 6 heteroatoms. The van der Waals surface area contributed by atoms with Crippen molar-refractivity contribution in [1.29, 1.82) is 0 Å². The fourth-order valence-corrected chi connectivity index (χ4v) is 5.41. The van der Waals surface area contributed by atoms with Gasteiger partial charge in [-0.3, -0.25) is 4.79 Å². The molecule has 3 heterocycles. The molecule has 1 aromatic carbocycles. The quantitative estimate of drug-likeness (QED) is 0.705. The Kier molecular flexibility index (Phi) is 5.75. The first kappa shape index (κ1) is 20.7. The lowest BCUT2D eigenvalue weighted by molar-refractivity contribution is -0.116. The zero-order chi connectivity index (χ0) is 21.3. The van der Waals surface area contributed by atoms with Crippen molar-refractivity contribution in [2.45, 2.75) is 51.0 Å². The highest BCUT2D eigenvalue weighted by atomic mass is 16.6. The van der Waals surface area contributed by atoms with Crippen molar-refractivity contribution < 1.29 is 14.3 Å². The van der Waals surface area contributed by atoms with Gasteiger partial charge in [-0.05, 0) is 69.5 Å². The first-order chi connectivity index (χ1) is 14.5. The summed E-state index contributed by atoms with van der Waals surface area (Å²) in [6, 6.07) is 6.57. The minimum absolute atomic E-state index is 0.00397. The number of amides is 2. The lowest BCUT2D eigenvalue weighted by Crippen LogP contribution is -2.52. The van der Waals surface area contributed by atoms with Crippen molar-refractivity contribution in [2.24, 2.45) is 0 Å². The Morgan fingerprint density at radius 2 is 1.90 bits per heavy atom. The molecule has 0 atom stereocenters. The van der Waals surface area contributed by atoms with Crippen LogP contribution in [0.15, 0.2) is 18.2 Å². The van der Waals surface area contributed by atoms with Crippen LogP contribution in [0.3, 0.4) is 0 Å². The molecule has 0 aliphatic carbocycles. The topological polar surface area (TPSA) is 53.1 Å². The van der Waals surface area contributed by atoms with Crippen LogP contribution in [0.5, 0.6) is 0 Å². The molecular weight excluding hydrogens is 378 g/mol. The number of hydrogen-bond acceptors (Lipinski definition) is 4. The number of benzene rings is 1. The SMILES string of the molecule is C#Cc1ccc2c(c1)C1(CCN(C3CCN(C(=O)OCC)CC3)CC1)CN2C(C)=O. The third-order valence-corrected chi connectivity index (χ3v) is 7.13. The van der Waals surface area contributed by atoms with Crippen molar-refractivity contribution >= 4 is 17.7 Å². The van der Waals surface area contributed by atoms with E-state index in [2.05, 4.69) is 16.9 Å². The number of ether oxygens (including phenoxy) is 1. The standard InChI is InChI=1S/C24H31N3O3/c1-4-19-6-7-22-21(16-19)24(17-27(22)18(3)28)10-14-25(15-11-24)20-8-12-26(13-9-20)23(29)30-5-2/h1,6-7,16,20H,5,8-15,17H2,2-3H3. The summed E-state index contributed by atoms with van der Waals surface area (Å²) >= 11 is 0. The monoisotopic (exact) mass is 409 g/mol. The van der Waals surface area contributed by atoms with E-state index >= 15 is 0 Å². The summed E-state index contributed by atoms with van der Waals surface area (Å²) in [5.74, 6) is 2.84. The third kappa shape index (κ3) is 3.67. The van der Waals surface area contributed by atoms with Gasteiger partial charge in [-0.15, -0.1) is 6.42 Å². The van der Waals surface area contributed by atoms with E-state index in [0.29, 0.717) is 12.6 Å². The summed E-state index contributed by atoms with van der Waals surface area (Å²) in [7, 11) is 0. The Bertz CT molecular complexity index is 859. The normalized spacial score (nSPS) is 21.4. The van der Waals surface area contributed by atoms with E-state index in [4.69, 9.17) is 11.2 Å². The van der Waals surface area contributed by atoms with Crippen molar-refractivity contribution in [3.63, 3.8) is 0 Å². The molecule has 0 unspecified atom stereocenters. The van der Waals surface area contributed by atoms with Crippen LogP contribution in [-0.4, -0.2) is 67.2 Å². The summed E-state index contributed by atoms with van der Waals surface area (Å²) in [5, 5.41) is 0. The molecule has 1 spiro atoms. The summed E-state index contributed by atoms with van der Waals surface area (Å²) in [6.07, 6.45) is 9.49. The number of fused-ring (bicyclic) bond motifs is 2. The predicted octanol–water partition coefficient (Wildman–Crippen LogP) is 2.99. The molecule has 6 nitrogen and oxygen atoms in total. The highest BCUT2D eigenvalue weighted by molar-refractivity contribution is 5.95. The second kappa shape index (κ2) is 8.31. The maximum Gasteiger partial charge on any atom is 0.409 e. The molecule has 4 rings (SSSR count). The molecule has 2 fully saturated rings. The smallest absolute Gasteiger partial charge is 0.409 e. The summed E-state index contributed by atoms with van der Waals surface area (Å²) in [5.41, 5.74) is 3.14. The second-order valence-electron chi connectivity index (χ2n) is 8.71. The van der Waals surface area contributed by atoms with Crippen molar-refractivity contribution in [3.05, 3.63) is 29.3 Å². The molecule has 2 saturated heterocycles. The van der Waals surface area contributed by atoms with Crippen LogP contribution in [0.25, 0.3) is 0 Å².